The molecule has 0 spiro atoms. The maximum Gasteiger partial charge on any atom is 0.749 e. The molecule has 3 saturated heterocycles. The molecule has 0 aliphatic carbocycles. The Morgan fingerprint density at radius 1 is 0.514 bits per heavy atom. The molecule has 1 aromatic carbocycles. The van der Waals surface area contributed by atoms with Crippen molar-refractivity contribution in [3.05, 3.63) is 28.7 Å². The lowest BCUT2D eigenvalue weighted by Gasteiger charge is -2.28. The van der Waals surface area contributed by atoms with Crippen molar-refractivity contribution in [1.82, 2.24) is 4.90 Å². The van der Waals surface area contributed by atoms with E-state index in [1.54, 1.807) is 0 Å². The van der Waals surface area contributed by atoms with Gasteiger partial charge < -0.3 is 46.1 Å². The Bertz CT molecular complexity index is 650. The third-order valence-corrected chi connectivity index (χ3v) is 8.04. The van der Waals surface area contributed by atoms with Crippen molar-refractivity contribution in [3.8, 4) is 5.75 Å². The minimum Gasteiger partial charge on any atom is -0.480 e. The minimum absolute atomic E-state index is 0.236. The zero-order chi connectivity index (χ0) is 25.9. The van der Waals surface area contributed by atoms with Gasteiger partial charge in [0.15, 0.2) is 0 Å². The first-order valence-electron chi connectivity index (χ1n) is 12.8. The molecule has 0 N–H and O–H groups in total. The van der Waals surface area contributed by atoms with Gasteiger partial charge >= 0.3 is 9.05 Å². The molecule has 3 heterocycles. The second-order valence-corrected chi connectivity index (χ2v) is 11.1. The van der Waals surface area contributed by atoms with E-state index < -0.39 is 9.05 Å². The van der Waals surface area contributed by atoms with Gasteiger partial charge in [-0.25, -0.2) is 0 Å². The van der Waals surface area contributed by atoms with E-state index >= 15 is 0 Å². The smallest absolute Gasteiger partial charge is 0.480 e. The number of ether oxygens (including phenoxy) is 6. The highest BCUT2D eigenvalue weighted by Gasteiger charge is 2.49. The van der Waals surface area contributed by atoms with Crippen molar-refractivity contribution in [2.45, 2.75) is 0 Å². The number of hydrogen-bond donors (Lipinski definition) is 0. The number of fused-ring (bicyclic) bond motifs is 24. The lowest BCUT2D eigenvalue weighted by molar-refractivity contribution is -0.0496. The van der Waals surface area contributed by atoms with E-state index in [4.69, 9.17) is 46.1 Å². The van der Waals surface area contributed by atoms with Crippen LogP contribution in [-0.2, 0) is 41.7 Å². The van der Waals surface area contributed by atoms with E-state index in [0.29, 0.717) is 85.0 Å². The molecule has 13 heteroatoms. The Morgan fingerprint density at radius 3 is 1.27 bits per heavy atom. The van der Waals surface area contributed by atoms with E-state index in [1.165, 1.54) is 0 Å². The van der Waals surface area contributed by atoms with Crippen LogP contribution < -0.4 is 4.43 Å². The Morgan fingerprint density at radius 2 is 0.865 bits per heavy atom. The molecule has 0 aromatic heterocycles. The van der Waals surface area contributed by atoms with Crippen molar-refractivity contribution in [1.29, 1.82) is 0 Å². The Kier molecular flexibility index (Phi) is 16.2. The summed E-state index contributed by atoms with van der Waals surface area (Å²) in [7, 11) is -3.62. The molecule has 212 valence electrons. The SMILES string of the molecule is Brc1ccc(O[Si]23OCCOCCOCCN(CCOCCOCCO2)CCOCCOCCO3)cc1. The highest BCUT2D eigenvalue weighted by molar-refractivity contribution is 9.10. The standard InChI is InChI=1S/C24H40BrNO10Si/c25-23-1-3-24(4-2-23)36-37-33-20-17-30-14-11-27-8-5-26(6-9-28-12-15-31-18-21-34-37)7-10-29-13-16-32-19-22-35-37/h1-4H,5-22H2. The molecule has 3 fully saturated rings. The van der Waals surface area contributed by atoms with E-state index in [9.17, 15) is 0 Å². The number of hydrogen-bond acceptors (Lipinski definition) is 11. The van der Waals surface area contributed by atoms with E-state index in [1.807, 2.05) is 24.3 Å². The van der Waals surface area contributed by atoms with Gasteiger partial charge in [0.05, 0.1) is 99.1 Å². The predicted octanol–water partition coefficient (Wildman–Crippen LogP) is 1.74. The highest BCUT2D eigenvalue weighted by atomic mass is 79.9. The zero-order valence-electron chi connectivity index (χ0n) is 21.4. The molecule has 0 unspecified atom stereocenters. The van der Waals surface area contributed by atoms with Gasteiger partial charge in [-0.3, -0.25) is 4.90 Å². The fourth-order valence-corrected chi connectivity index (χ4v) is 5.54. The summed E-state index contributed by atoms with van der Waals surface area (Å²) in [6.45, 7) is 8.81. The maximum atomic E-state index is 6.23. The number of halogens is 1. The largest absolute Gasteiger partial charge is 0.749 e. The summed E-state index contributed by atoms with van der Waals surface area (Å²) in [5.41, 5.74) is 0. The third kappa shape index (κ3) is 13.8. The van der Waals surface area contributed by atoms with Crippen molar-refractivity contribution >= 4 is 25.0 Å². The third-order valence-electron chi connectivity index (χ3n) is 5.35. The van der Waals surface area contributed by atoms with Crippen molar-refractivity contribution in [3.63, 3.8) is 0 Å². The Labute approximate surface area is 229 Å². The summed E-state index contributed by atoms with van der Waals surface area (Å²) >= 11 is 3.45. The van der Waals surface area contributed by atoms with Crippen molar-refractivity contribution in [2.24, 2.45) is 0 Å². The summed E-state index contributed by atoms with van der Waals surface area (Å²) in [6, 6.07) is 7.42. The number of nitrogens with zero attached hydrogens (tertiary/aromatic N) is 1. The van der Waals surface area contributed by atoms with Crippen LogP contribution in [0.4, 0.5) is 0 Å². The summed E-state index contributed by atoms with van der Waals surface area (Å²) in [4.78, 5) is 2.27. The normalized spacial score (nSPS) is 27.8. The fraction of sp³-hybridized carbons (Fsp3) is 0.750. The number of rotatable bonds is 2. The molecular formula is C24H40BrNO10Si. The number of benzene rings is 1. The van der Waals surface area contributed by atoms with Crippen LogP contribution in [0.25, 0.3) is 0 Å². The van der Waals surface area contributed by atoms with Crippen LogP contribution in [0, 0.1) is 0 Å². The van der Waals surface area contributed by atoms with Crippen LogP contribution in [0.5, 0.6) is 5.75 Å². The first-order chi connectivity index (χ1) is 18.3. The van der Waals surface area contributed by atoms with Crippen LogP contribution in [-0.4, -0.2) is 133 Å². The molecular weight excluding hydrogens is 570 g/mol. The topological polar surface area (TPSA) is 95.5 Å². The van der Waals surface area contributed by atoms with Gasteiger partial charge in [-0.2, -0.15) is 0 Å². The molecule has 3 aliphatic heterocycles. The second-order valence-electron chi connectivity index (χ2n) is 8.12. The molecule has 4 rings (SSSR count). The lowest BCUT2D eigenvalue weighted by Crippen LogP contribution is -2.53. The fourth-order valence-electron chi connectivity index (χ4n) is 3.42. The van der Waals surface area contributed by atoms with E-state index in [2.05, 4.69) is 20.8 Å². The second kappa shape index (κ2) is 19.4. The Balaban J connectivity index is 1.69. The first-order valence-corrected chi connectivity index (χ1v) is 15.2. The highest BCUT2D eigenvalue weighted by Crippen LogP contribution is 2.22. The predicted molar refractivity (Wildman–Crippen MR) is 140 cm³/mol. The average molecular weight is 611 g/mol. The Hall–Kier alpha value is -0.683. The summed E-state index contributed by atoms with van der Waals surface area (Å²) in [6.07, 6.45) is 0. The summed E-state index contributed by atoms with van der Waals surface area (Å²) in [5.74, 6) is 0.575. The first kappa shape index (κ1) is 30.9. The van der Waals surface area contributed by atoms with Gasteiger partial charge in [-0.05, 0) is 24.3 Å². The molecule has 2 bridgehead atoms. The molecule has 1 aromatic rings. The summed E-state index contributed by atoms with van der Waals surface area (Å²) < 4.78 is 59.9. The maximum absolute atomic E-state index is 6.23. The molecule has 0 radical (unpaired) electrons. The van der Waals surface area contributed by atoms with Crippen LogP contribution in [0.3, 0.4) is 0 Å². The van der Waals surface area contributed by atoms with Crippen LogP contribution in [0.15, 0.2) is 28.7 Å². The van der Waals surface area contributed by atoms with Gasteiger partial charge in [0.25, 0.3) is 0 Å². The quantitative estimate of drug-likeness (QED) is 0.362. The lowest BCUT2D eigenvalue weighted by atomic mass is 10.3. The van der Waals surface area contributed by atoms with E-state index in [0.717, 1.165) is 24.1 Å². The van der Waals surface area contributed by atoms with Crippen LogP contribution >= 0.6 is 15.9 Å². The zero-order valence-corrected chi connectivity index (χ0v) is 24.0. The average Bonchev–Trinajstić information content (AvgIpc) is 2.90. The molecule has 3 aliphatic rings. The van der Waals surface area contributed by atoms with E-state index in [-0.39, 0.29) is 19.8 Å². The molecule has 0 saturated carbocycles. The van der Waals surface area contributed by atoms with Gasteiger partial charge in [-0.15, -0.1) is 0 Å². The summed E-state index contributed by atoms with van der Waals surface area (Å²) in [5, 5.41) is 0. The monoisotopic (exact) mass is 609 g/mol. The molecule has 37 heavy (non-hydrogen) atoms. The molecule has 0 atom stereocenters. The van der Waals surface area contributed by atoms with Gasteiger partial charge in [-0.1, -0.05) is 15.9 Å². The van der Waals surface area contributed by atoms with Gasteiger partial charge in [0.2, 0.25) is 0 Å². The molecule has 0 amide bonds. The van der Waals surface area contributed by atoms with Crippen LogP contribution in [0.1, 0.15) is 0 Å². The van der Waals surface area contributed by atoms with Gasteiger partial charge in [0, 0.05) is 24.1 Å². The van der Waals surface area contributed by atoms with Crippen LogP contribution in [0.2, 0.25) is 0 Å². The molecule has 11 nitrogen and oxygen atoms in total. The van der Waals surface area contributed by atoms with Gasteiger partial charge in [0.1, 0.15) is 5.75 Å². The van der Waals surface area contributed by atoms with Crippen molar-refractivity contribution < 1.29 is 46.1 Å². The minimum atomic E-state index is -3.62. The van der Waals surface area contributed by atoms with Crippen molar-refractivity contribution in [2.75, 3.05) is 119 Å².